The van der Waals surface area contributed by atoms with Crippen LogP contribution in [0, 0.1) is 16.0 Å². The number of nitrogens with one attached hydrogen (secondary N) is 1. The molecule has 20 heavy (non-hydrogen) atoms. The summed E-state index contributed by atoms with van der Waals surface area (Å²) in [4.78, 5) is 10.5. The average molecular weight is 282 g/mol. The molecule has 1 aromatic carbocycles. The van der Waals surface area contributed by atoms with Crippen molar-refractivity contribution in [1.29, 1.82) is 0 Å². The van der Waals surface area contributed by atoms with Gasteiger partial charge in [0.2, 0.25) is 0 Å². The lowest BCUT2D eigenvalue weighted by molar-refractivity contribution is -0.384. The first-order valence-corrected chi connectivity index (χ1v) is 6.77. The molecule has 0 fully saturated rings. The van der Waals surface area contributed by atoms with Crippen LogP contribution in [0.4, 0.5) is 11.4 Å². The van der Waals surface area contributed by atoms with Gasteiger partial charge in [0.15, 0.2) is 0 Å². The highest BCUT2D eigenvalue weighted by Crippen LogP contribution is 2.27. The smallest absolute Gasteiger partial charge is 0.275 e. The molecule has 2 N–H and O–H groups in total. The van der Waals surface area contributed by atoms with Gasteiger partial charge in [-0.05, 0) is 12.3 Å². The first-order valence-electron chi connectivity index (χ1n) is 6.77. The van der Waals surface area contributed by atoms with E-state index in [1.54, 1.807) is 6.07 Å². The van der Waals surface area contributed by atoms with Crippen LogP contribution in [0.3, 0.4) is 0 Å². The van der Waals surface area contributed by atoms with Gasteiger partial charge in [0, 0.05) is 17.8 Å². The molecule has 0 saturated heterocycles. The minimum absolute atomic E-state index is 0.0263. The van der Waals surface area contributed by atoms with Crippen molar-refractivity contribution < 1.29 is 14.8 Å². The summed E-state index contributed by atoms with van der Waals surface area (Å²) in [6.45, 7) is 6.39. The number of aliphatic hydroxyl groups excluding tert-OH is 1. The number of hydrogen-bond donors (Lipinski definition) is 2. The lowest BCUT2D eigenvalue weighted by Crippen LogP contribution is -2.29. The van der Waals surface area contributed by atoms with E-state index in [-0.39, 0.29) is 24.3 Å². The number of benzene rings is 1. The Labute approximate surface area is 118 Å². The first-order chi connectivity index (χ1) is 9.47. The molecular weight excluding hydrogens is 260 g/mol. The highest BCUT2D eigenvalue weighted by Gasteiger charge is 2.15. The van der Waals surface area contributed by atoms with Crippen LogP contribution in [-0.4, -0.2) is 29.3 Å². The molecule has 0 aliphatic heterocycles. The number of aliphatic hydroxyl groups is 1. The fourth-order valence-corrected chi connectivity index (χ4v) is 1.71. The number of nitro benzene ring substituents is 1. The molecule has 0 spiro atoms. The minimum atomic E-state index is -0.451. The number of anilines is 1. The van der Waals surface area contributed by atoms with Crippen LogP contribution in [0.15, 0.2) is 18.2 Å². The molecule has 0 bridgehead atoms. The highest BCUT2D eigenvalue weighted by molar-refractivity contribution is 5.56. The predicted molar refractivity (Wildman–Crippen MR) is 78.2 cm³/mol. The van der Waals surface area contributed by atoms with Crippen LogP contribution in [-0.2, 0) is 0 Å². The topological polar surface area (TPSA) is 84.6 Å². The van der Waals surface area contributed by atoms with Crippen LogP contribution in [0.1, 0.15) is 27.2 Å². The Morgan fingerprint density at radius 1 is 1.40 bits per heavy atom. The third-order valence-corrected chi connectivity index (χ3v) is 2.93. The molecule has 1 aromatic rings. The molecule has 0 aliphatic carbocycles. The maximum atomic E-state index is 10.9. The van der Waals surface area contributed by atoms with Gasteiger partial charge in [0.25, 0.3) is 5.69 Å². The van der Waals surface area contributed by atoms with Crippen LogP contribution in [0.5, 0.6) is 5.75 Å². The van der Waals surface area contributed by atoms with Gasteiger partial charge in [-0.3, -0.25) is 10.1 Å². The van der Waals surface area contributed by atoms with Crippen molar-refractivity contribution in [2.75, 3.05) is 18.5 Å². The van der Waals surface area contributed by atoms with Gasteiger partial charge in [-0.15, -0.1) is 0 Å². The number of nitro groups is 1. The minimum Gasteiger partial charge on any atom is -0.493 e. The second kappa shape index (κ2) is 7.69. The van der Waals surface area contributed by atoms with Gasteiger partial charge in [-0.1, -0.05) is 20.8 Å². The van der Waals surface area contributed by atoms with E-state index >= 15 is 0 Å². The molecule has 1 rings (SSSR count). The molecule has 0 heterocycles. The number of ether oxygens (including phenoxy) is 1. The van der Waals surface area contributed by atoms with E-state index in [1.807, 2.05) is 20.8 Å². The van der Waals surface area contributed by atoms with Gasteiger partial charge in [0.1, 0.15) is 5.75 Å². The summed E-state index contributed by atoms with van der Waals surface area (Å²) in [5.74, 6) is 0.670. The van der Waals surface area contributed by atoms with E-state index in [4.69, 9.17) is 4.74 Å². The zero-order valence-electron chi connectivity index (χ0n) is 12.1. The van der Waals surface area contributed by atoms with Crippen LogP contribution in [0.2, 0.25) is 0 Å². The maximum Gasteiger partial charge on any atom is 0.275 e. The molecule has 1 atom stereocenters. The molecular formula is C14H22N2O4. The van der Waals surface area contributed by atoms with Crippen molar-refractivity contribution >= 4 is 11.4 Å². The number of rotatable bonds is 8. The Hall–Kier alpha value is -1.82. The summed E-state index contributed by atoms with van der Waals surface area (Å²) in [7, 11) is 0. The molecule has 0 aromatic heterocycles. The summed E-state index contributed by atoms with van der Waals surface area (Å²) in [5.41, 5.74) is 0.555. The summed E-state index contributed by atoms with van der Waals surface area (Å²) < 4.78 is 5.46. The summed E-state index contributed by atoms with van der Waals surface area (Å²) >= 11 is 0. The molecule has 6 heteroatoms. The largest absolute Gasteiger partial charge is 0.493 e. The zero-order valence-corrected chi connectivity index (χ0v) is 12.1. The second-order valence-electron chi connectivity index (χ2n) is 5.00. The fraction of sp³-hybridized carbons (Fsp3) is 0.571. The molecule has 6 nitrogen and oxygen atoms in total. The van der Waals surface area contributed by atoms with Crippen molar-refractivity contribution in [3.63, 3.8) is 0 Å². The Kier molecular flexibility index (Phi) is 6.24. The van der Waals surface area contributed by atoms with E-state index in [0.29, 0.717) is 18.0 Å². The van der Waals surface area contributed by atoms with E-state index in [9.17, 15) is 15.2 Å². The van der Waals surface area contributed by atoms with Crippen LogP contribution < -0.4 is 10.1 Å². The van der Waals surface area contributed by atoms with Gasteiger partial charge < -0.3 is 15.2 Å². The second-order valence-corrected chi connectivity index (χ2v) is 5.00. The van der Waals surface area contributed by atoms with E-state index in [1.165, 1.54) is 12.1 Å². The van der Waals surface area contributed by atoms with Crippen molar-refractivity contribution in [3.05, 3.63) is 28.3 Å². The Bertz CT molecular complexity index is 449. The maximum absolute atomic E-state index is 10.9. The van der Waals surface area contributed by atoms with E-state index < -0.39 is 4.92 Å². The van der Waals surface area contributed by atoms with Crippen molar-refractivity contribution in [2.45, 2.75) is 33.2 Å². The summed E-state index contributed by atoms with van der Waals surface area (Å²) in [6, 6.07) is 4.41. The van der Waals surface area contributed by atoms with E-state index in [0.717, 1.165) is 6.42 Å². The molecule has 0 aliphatic rings. The standard InChI is InChI=1S/C14H22N2O4/c1-4-5-20-13-7-11(6-12(8-13)16(18)19)15-14(9-17)10(2)3/h6-8,10,14-15,17H,4-5,9H2,1-3H3/t14-/m1/s1. The average Bonchev–Trinajstić information content (AvgIpc) is 2.41. The van der Waals surface area contributed by atoms with Gasteiger partial charge >= 0.3 is 0 Å². The van der Waals surface area contributed by atoms with Crippen molar-refractivity contribution in [2.24, 2.45) is 5.92 Å². The molecule has 0 saturated carbocycles. The van der Waals surface area contributed by atoms with Crippen molar-refractivity contribution in [3.8, 4) is 5.75 Å². The number of nitrogens with zero attached hydrogens (tertiary/aromatic N) is 1. The molecule has 0 unspecified atom stereocenters. The molecule has 0 amide bonds. The van der Waals surface area contributed by atoms with Crippen LogP contribution in [0.25, 0.3) is 0 Å². The Balaban J connectivity index is 2.98. The highest BCUT2D eigenvalue weighted by atomic mass is 16.6. The lowest BCUT2D eigenvalue weighted by Gasteiger charge is -2.21. The fourth-order valence-electron chi connectivity index (χ4n) is 1.71. The third-order valence-electron chi connectivity index (χ3n) is 2.93. The molecule has 112 valence electrons. The normalized spacial score (nSPS) is 12.2. The SMILES string of the molecule is CCCOc1cc(N[C@H](CO)C(C)C)cc([N+](=O)[O-])c1. The van der Waals surface area contributed by atoms with Gasteiger partial charge in [0.05, 0.1) is 30.2 Å². The van der Waals surface area contributed by atoms with Crippen LogP contribution >= 0.6 is 0 Å². The Morgan fingerprint density at radius 2 is 2.10 bits per heavy atom. The van der Waals surface area contributed by atoms with Crippen molar-refractivity contribution in [1.82, 2.24) is 0 Å². The van der Waals surface area contributed by atoms with E-state index in [2.05, 4.69) is 5.32 Å². The van der Waals surface area contributed by atoms with Gasteiger partial charge in [-0.2, -0.15) is 0 Å². The lowest BCUT2D eigenvalue weighted by atomic mass is 10.1. The predicted octanol–water partition coefficient (Wildman–Crippen LogP) is 2.81. The van der Waals surface area contributed by atoms with Gasteiger partial charge in [-0.25, -0.2) is 0 Å². The Morgan fingerprint density at radius 3 is 2.60 bits per heavy atom. The first kappa shape index (κ1) is 16.2. The summed E-state index contributed by atoms with van der Waals surface area (Å²) in [5, 5.41) is 23.4. The number of non-ortho nitro benzene ring substituents is 1. The zero-order chi connectivity index (χ0) is 15.1. The number of hydrogen-bond acceptors (Lipinski definition) is 5. The molecule has 0 radical (unpaired) electrons. The summed E-state index contributed by atoms with van der Waals surface area (Å²) in [6.07, 6.45) is 0.830. The third kappa shape index (κ3) is 4.70. The quantitative estimate of drug-likeness (QED) is 0.565. The monoisotopic (exact) mass is 282 g/mol.